The monoisotopic (exact) mass is 332 g/mol. The summed E-state index contributed by atoms with van der Waals surface area (Å²) in [5.41, 5.74) is 0. The van der Waals surface area contributed by atoms with E-state index in [2.05, 4.69) is 0 Å². The molecule has 0 amide bonds. The van der Waals surface area contributed by atoms with Crippen LogP contribution in [-0.4, -0.2) is 62.8 Å². The first-order valence-electron chi connectivity index (χ1n) is 7.19. The van der Waals surface area contributed by atoms with Gasteiger partial charge in [0, 0.05) is 31.1 Å². The SMILES string of the molecule is CC1OCCC1S(=O)(=O)N(CCN(C)C)Cc1cccs1. The van der Waals surface area contributed by atoms with Crippen molar-refractivity contribution in [2.24, 2.45) is 0 Å². The van der Waals surface area contributed by atoms with Gasteiger partial charge in [0.25, 0.3) is 0 Å². The lowest BCUT2D eigenvalue weighted by molar-refractivity contribution is 0.125. The van der Waals surface area contributed by atoms with Crippen molar-refractivity contribution in [3.05, 3.63) is 22.4 Å². The summed E-state index contributed by atoms with van der Waals surface area (Å²) >= 11 is 1.59. The summed E-state index contributed by atoms with van der Waals surface area (Å²) in [7, 11) is 0.578. The van der Waals surface area contributed by atoms with Crippen LogP contribution in [-0.2, 0) is 21.3 Å². The van der Waals surface area contributed by atoms with E-state index in [1.165, 1.54) is 0 Å². The topological polar surface area (TPSA) is 49.9 Å². The second-order valence-electron chi connectivity index (χ2n) is 5.66. The number of hydrogen-bond acceptors (Lipinski definition) is 5. The zero-order valence-electron chi connectivity index (χ0n) is 12.9. The molecular formula is C14H24N2O3S2. The average molecular weight is 332 g/mol. The maximum absolute atomic E-state index is 12.9. The maximum atomic E-state index is 12.9. The Balaban J connectivity index is 2.16. The van der Waals surface area contributed by atoms with Crippen molar-refractivity contribution in [2.75, 3.05) is 33.8 Å². The zero-order valence-corrected chi connectivity index (χ0v) is 14.5. The number of nitrogens with zero attached hydrogens (tertiary/aromatic N) is 2. The van der Waals surface area contributed by atoms with Crippen molar-refractivity contribution < 1.29 is 13.2 Å². The van der Waals surface area contributed by atoms with Crippen LogP contribution < -0.4 is 0 Å². The molecule has 1 aromatic rings. The Bertz CT molecular complexity index is 528. The van der Waals surface area contributed by atoms with Gasteiger partial charge in [-0.15, -0.1) is 11.3 Å². The molecule has 0 radical (unpaired) electrons. The standard InChI is InChI=1S/C14H24N2O3S2/c1-12-14(6-9-19-12)21(17,18)16(8-7-15(2)3)11-13-5-4-10-20-13/h4-5,10,12,14H,6-9,11H2,1-3H3. The predicted molar refractivity (Wildman–Crippen MR) is 86.0 cm³/mol. The molecule has 1 aliphatic heterocycles. The molecule has 21 heavy (non-hydrogen) atoms. The van der Waals surface area contributed by atoms with Crippen LogP contribution in [0.4, 0.5) is 0 Å². The van der Waals surface area contributed by atoms with Crippen LogP contribution in [0.5, 0.6) is 0 Å². The summed E-state index contributed by atoms with van der Waals surface area (Å²) < 4.78 is 32.9. The van der Waals surface area contributed by atoms with Crippen LogP contribution in [0.25, 0.3) is 0 Å². The molecule has 0 N–H and O–H groups in total. The fourth-order valence-electron chi connectivity index (χ4n) is 2.48. The van der Waals surface area contributed by atoms with Gasteiger partial charge in [0.05, 0.1) is 6.10 Å². The lowest BCUT2D eigenvalue weighted by Gasteiger charge is -2.27. The molecule has 0 spiro atoms. The summed E-state index contributed by atoms with van der Waals surface area (Å²) in [6, 6.07) is 3.94. The molecule has 0 saturated carbocycles. The van der Waals surface area contributed by atoms with Crippen LogP contribution in [0.15, 0.2) is 17.5 Å². The fourth-order valence-corrected chi connectivity index (χ4v) is 5.28. The van der Waals surface area contributed by atoms with Crippen molar-refractivity contribution in [3.63, 3.8) is 0 Å². The Morgan fingerprint density at radius 2 is 2.14 bits per heavy atom. The molecule has 1 saturated heterocycles. The van der Waals surface area contributed by atoms with E-state index in [-0.39, 0.29) is 6.10 Å². The van der Waals surface area contributed by atoms with Crippen molar-refractivity contribution in [1.82, 2.24) is 9.21 Å². The van der Waals surface area contributed by atoms with Crippen LogP contribution in [0, 0.1) is 0 Å². The van der Waals surface area contributed by atoms with E-state index in [4.69, 9.17) is 4.74 Å². The van der Waals surface area contributed by atoms with E-state index in [0.29, 0.717) is 32.7 Å². The summed E-state index contributed by atoms with van der Waals surface area (Å²) in [4.78, 5) is 3.08. The third kappa shape index (κ3) is 4.26. The number of hydrogen-bond donors (Lipinski definition) is 0. The molecule has 5 nitrogen and oxygen atoms in total. The molecule has 2 rings (SSSR count). The minimum absolute atomic E-state index is 0.222. The minimum atomic E-state index is -3.33. The van der Waals surface area contributed by atoms with Gasteiger partial charge in [-0.05, 0) is 38.9 Å². The highest BCUT2D eigenvalue weighted by Crippen LogP contribution is 2.25. The number of rotatable bonds is 7. The van der Waals surface area contributed by atoms with E-state index in [9.17, 15) is 8.42 Å². The third-order valence-corrected chi connectivity index (χ3v) is 7.03. The van der Waals surface area contributed by atoms with Crippen molar-refractivity contribution in [2.45, 2.75) is 31.2 Å². The number of sulfonamides is 1. The highest BCUT2D eigenvalue weighted by molar-refractivity contribution is 7.89. The molecule has 1 aromatic heterocycles. The lowest BCUT2D eigenvalue weighted by atomic mass is 10.3. The largest absolute Gasteiger partial charge is 0.377 e. The van der Waals surface area contributed by atoms with Crippen molar-refractivity contribution >= 4 is 21.4 Å². The molecular weight excluding hydrogens is 308 g/mol. The van der Waals surface area contributed by atoms with Crippen molar-refractivity contribution in [3.8, 4) is 0 Å². The van der Waals surface area contributed by atoms with Gasteiger partial charge in [-0.25, -0.2) is 8.42 Å². The molecule has 0 aliphatic carbocycles. The van der Waals surface area contributed by atoms with Gasteiger partial charge < -0.3 is 9.64 Å². The first kappa shape index (κ1) is 16.9. The molecule has 0 bridgehead atoms. The fraction of sp³-hybridized carbons (Fsp3) is 0.714. The summed E-state index contributed by atoms with van der Waals surface area (Å²) in [6.07, 6.45) is 0.368. The molecule has 0 aromatic carbocycles. The Kier molecular flexibility index (Phi) is 5.79. The van der Waals surface area contributed by atoms with Gasteiger partial charge in [-0.3, -0.25) is 0 Å². The van der Waals surface area contributed by atoms with Gasteiger partial charge in [-0.2, -0.15) is 4.31 Å². The molecule has 1 aliphatic rings. The average Bonchev–Trinajstić information content (AvgIpc) is 3.05. The quantitative estimate of drug-likeness (QED) is 0.761. The number of likely N-dealkylation sites (N-methyl/N-ethyl adjacent to an activating group) is 1. The first-order valence-corrected chi connectivity index (χ1v) is 9.57. The van der Waals surface area contributed by atoms with Crippen LogP contribution in [0.1, 0.15) is 18.2 Å². The lowest BCUT2D eigenvalue weighted by Crippen LogP contribution is -2.43. The summed E-state index contributed by atoms with van der Waals surface area (Å²) in [5.74, 6) is 0. The molecule has 2 unspecified atom stereocenters. The second-order valence-corrected chi connectivity index (χ2v) is 8.85. The van der Waals surface area contributed by atoms with Gasteiger partial charge in [0.15, 0.2) is 0 Å². The van der Waals surface area contributed by atoms with Crippen LogP contribution in [0.3, 0.4) is 0 Å². The minimum Gasteiger partial charge on any atom is -0.377 e. The smallest absolute Gasteiger partial charge is 0.220 e. The number of thiophene rings is 1. The van der Waals surface area contributed by atoms with Gasteiger partial charge >= 0.3 is 0 Å². The Morgan fingerprint density at radius 1 is 1.38 bits per heavy atom. The van der Waals surface area contributed by atoms with Gasteiger partial charge in [-0.1, -0.05) is 6.07 Å². The molecule has 1 fully saturated rings. The van der Waals surface area contributed by atoms with E-state index in [1.54, 1.807) is 15.6 Å². The van der Waals surface area contributed by atoms with Crippen molar-refractivity contribution in [1.29, 1.82) is 0 Å². The summed E-state index contributed by atoms with van der Waals surface area (Å²) in [5, 5.41) is 1.56. The van der Waals surface area contributed by atoms with Gasteiger partial charge in [0.1, 0.15) is 5.25 Å². The van der Waals surface area contributed by atoms with Crippen LogP contribution >= 0.6 is 11.3 Å². The highest BCUT2D eigenvalue weighted by atomic mass is 32.2. The third-order valence-electron chi connectivity index (χ3n) is 3.76. The number of ether oxygens (including phenoxy) is 1. The van der Waals surface area contributed by atoms with E-state index in [0.717, 1.165) is 4.88 Å². The summed E-state index contributed by atoms with van der Waals surface area (Å²) in [6.45, 7) is 4.07. The van der Waals surface area contributed by atoms with Crippen LogP contribution in [0.2, 0.25) is 0 Å². The highest BCUT2D eigenvalue weighted by Gasteiger charge is 2.39. The predicted octanol–water partition coefficient (Wildman–Crippen LogP) is 1.62. The molecule has 2 heterocycles. The Morgan fingerprint density at radius 3 is 2.67 bits per heavy atom. The first-order chi connectivity index (χ1) is 9.91. The van der Waals surface area contributed by atoms with E-state index >= 15 is 0 Å². The Labute approximate surface area is 131 Å². The second kappa shape index (κ2) is 7.19. The van der Waals surface area contributed by atoms with E-state index in [1.807, 2.05) is 43.4 Å². The normalized spacial score (nSPS) is 23.3. The molecule has 120 valence electrons. The molecule has 7 heteroatoms. The maximum Gasteiger partial charge on any atom is 0.220 e. The zero-order chi connectivity index (χ0) is 15.5. The Hall–Kier alpha value is -0.470. The van der Waals surface area contributed by atoms with E-state index < -0.39 is 15.3 Å². The molecule has 2 atom stereocenters. The van der Waals surface area contributed by atoms with Gasteiger partial charge in [0.2, 0.25) is 10.0 Å².